The fourth-order valence-electron chi connectivity index (χ4n) is 1.70. The van der Waals surface area contributed by atoms with Crippen LogP contribution in [0.4, 0.5) is 5.88 Å². The smallest absolute Gasteiger partial charge is 0.229 e. The van der Waals surface area contributed by atoms with Crippen LogP contribution >= 0.6 is 0 Å². The quantitative estimate of drug-likeness (QED) is 0.790. The van der Waals surface area contributed by atoms with E-state index in [9.17, 15) is 0 Å². The van der Waals surface area contributed by atoms with Gasteiger partial charge in [-0.1, -0.05) is 17.3 Å². The molecule has 2 N–H and O–H groups in total. The van der Waals surface area contributed by atoms with Crippen LogP contribution in [-0.4, -0.2) is 11.9 Å². The predicted octanol–water partition coefficient (Wildman–Crippen LogP) is 1.79. The first-order chi connectivity index (χ1) is 7.84. The van der Waals surface area contributed by atoms with Crippen LogP contribution in [0.3, 0.4) is 0 Å². The molecule has 3 rings (SSSR count). The normalized spacial score (nSPS) is 14.2. The first kappa shape index (κ1) is 9.23. The Morgan fingerprint density at radius 2 is 2.25 bits per heavy atom. The maximum absolute atomic E-state index is 5.65. The third-order valence-corrected chi connectivity index (χ3v) is 2.53. The first-order valence-corrected chi connectivity index (χ1v) is 4.88. The highest BCUT2D eigenvalue weighted by molar-refractivity contribution is 5.73. The summed E-state index contributed by atoms with van der Waals surface area (Å²) in [5.41, 5.74) is 8.39. The van der Waals surface area contributed by atoms with Crippen molar-refractivity contribution in [1.29, 1.82) is 0 Å². The van der Waals surface area contributed by atoms with Gasteiger partial charge in [-0.15, -0.1) is 0 Å². The summed E-state index contributed by atoms with van der Waals surface area (Å²) in [6.45, 7) is 0.865. The molecule has 2 aromatic rings. The molecule has 1 aliphatic rings. The third kappa shape index (κ3) is 1.42. The number of hydrogen-bond donors (Lipinski definition) is 1. The van der Waals surface area contributed by atoms with Crippen molar-refractivity contribution in [2.24, 2.45) is 0 Å². The average Bonchev–Trinajstić information content (AvgIpc) is 2.75. The van der Waals surface area contributed by atoms with Crippen LogP contribution in [0.15, 0.2) is 28.9 Å². The van der Waals surface area contributed by atoms with Crippen molar-refractivity contribution in [3.05, 3.63) is 30.0 Å². The average molecular weight is 218 g/mol. The number of anilines is 1. The summed E-state index contributed by atoms with van der Waals surface area (Å²) in [5.74, 6) is 1.14. The molecule has 1 aromatic carbocycles. The van der Waals surface area contributed by atoms with Crippen molar-refractivity contribution < 1.29 is 14.0 Å². The summed E-state index contributed by atoms with van der Waals surface area (Å²) >= 11 is 0. The molecule has 0 fully saturated rings. The van der Waals surface area contributed by atoms with Gasteiger partial charge in [0, 0.05) is 5.56 Å². The molecule has 5 heteroatoms. The van der Waals surface area contributed by atoms with Crippen LogP contribution in [0.2, 0.25) is 0 Å². The number of benzene rings is 1. The van der Waals surface area contributed by atoms with Crippen molar-refractivity contribution >= 4 is 5.88 Å². The van der Waals surface area contributed by atoms with Gasteiger partial charge in [0.2, 0.25) is 5.88 Å². The summed E-state index contributed by atoms with van der Waals surface area (Å²) in [6.07, 6.45) is 1.59. The minimum atomic E-state index is 0.287. The zero-order chi connectivity index (χ0) is 11.0. The largest absolute Gasteiger partial charge is 0.467 e. The number of hydrogen-bond acceptors (Lipinski definition) is 5. The van der Waals surface area contributed by atoms with Gasteiger partial charge in [0.25, 0.3) is 0 Å². The van der Waals surface area contributed by atoms with Crippen molar-refractivity contribution in [2.45, 2.75) is 6.61 Å². The van der Waals surface area contributed by atoms with Crippen LogP contribution in [0.25, 0.3) is 11.1 Å². The Bertz CT molecular complexity index is 522. The second kappa shape index (κ2) is 3.53. The van der Waals surface area contributed by atoms with E-state index >= 15 is 0 Å². The molecular weight excluding hydrogens is 208 g/mol. The summed E-state index contributed by atoms with van der Waals surface area (Å²) < 4.78 is 15.4. The van der Waals surface area contributed by atoms with Crippen LogP contribution in [0.5, 0.6) is 5.75 Å². The number of nitrogens with two attached hydrogens (primary N) is 1. The lowest BCUT2D eigenvalue weighted by molar-refractivity contribution is -0.0163. The van der Waals surface area contributed by atoms with Gasteiger partial charge in [-0.2, -0.15) is 0 Å². The fraction of sp³-hybridized carbons (Fsp3) is 0.182. The van der Waals surface area contributed by atoms with E-state index in [1.165, 1.54) is 0 Å². The highest BCUT2D eigenvalue weighted by atomic mass is 16.7. The summed E-state index contributed by atoms with van der Waals surface area (Å²) in [6, 6.07) is 5.82. The number of nitrogen functional groups attached to an aromatic ring is 1. The van der Waals surface area contributed by atoms with E-state index in [1.54, 1.807) is 6.20 Å². The maximum Gasteiger partial charge on any atom is 0.229 e. The van der Waals surface area contributed by atoms with Crippen LogP contribution in [0.1, 0.15) is 5.56 Å². The molecule has 0 unspecified atom stereocenters. The summed E-state index contributed by atoms with van der Waals surface area (Å²) in [7, 11) is 0. The molecule has 82 valence electrons. The predicted molar refractivity (Wildman–Crippen MR) is 56.6 cm³/mol. The molecule has 0 amide bonds. The molecule has 0 atom stereocenters. The van der Waals surface area contributed by atoms with E-state index in [0.717, 1.165) is 22.4 Å². The molecule has 0 saturated carbocycles. The van der Waals surface area contributed by atoms with E-state index in [4.69, 9.17) is 19.7 Å². The number of fused-ring (bicyclic) bond motifs is 1. The van der Waals surface area contributed by atoms with Crippen molar-refractivity contribution in [3.8, 4) is 16.9 Å². The lowest BCUT2D eigenvalue weighted by Gasteiger charge is -2.17. The Kier molecular flexibility index (Phi) is 2.04. The monoisotopic (exact) mass is 218 g/mol. The van der Waals surface area contributed by atoms with Gasteiger partial charge in [-0.25, -0.2) is 0 Å². The minimum Gasteiger partial charge on any atom is -0.467 e. The number of rotatable bonds is 1. The fourth-order valence-corrected chi connectivity index (χ4v) is 1.70. The zero-order valence-electron chi connectivity index (χ0n) is 8.47. The molecule has 5 nitrogen and oxygen atoms in total. The minimum absolute atomic E-state index is 0.287. The Balaban J connectivity index is 2.06. The van der Waals surface area contributed by atoms with Gasteiger partial charge in [0.15, 0.2) is 6.79 Å². The van der Waals surface area contributed by atoms with E-state index in [2.05, 4.69) is 5.16 Å². The van der Waals surface area contributed by atoms with Gasteiger partial charge in [0.05, 0.1) is 18.4 Å². The Morgan fingerprint density at radius 3 is 3.06 bits per heavy atom. The summed E-state index contributed by atoms with van der Waals surface area (Å²) in [4.78, 5) is 0. The molecule has 1 aromatic heterocycles. The topological polar surface area (TPSA) is 70.5 Å². The van der Waals surface area contributed by atoms with Crippen molar-refractivity contribution in [2.75, 3.05) is 12.5 Å². The molecule has 0 saturated heterocycles. The molecule has 0 bridgehead atoms. The Morgan fingerprint density at radius 1 is 1.31 bits per heavy atom. The van der Waals surface area contributed by atoms with Crippen molar-refractivity contribution in [1.82, 2.24) is 5.16 Å². The van der Waals surface area contributed by atoms with E-state index in [1.807, 2.05) is 18.2 Å². The molecular formula is C11H10N2O3. The lowest BCUT2D eigenvalue weighted by atomic mass is 10.1. The third-order valence-electron chi connectivity index (χ3n) is 2.53. The van der Waals surface area contributed by atoms with Crippen LogP contribution in [0, 0.1) is 0 Å². The maximum atomic E-state index is 5.65. The molecule has 2 heterocycles. The van der Waals surface area contributed by atoms with Crippen LogP contribution in [-0.2, 0) is 11.3 Å². The number of ether oxygens (including phenoxy) is 2. The van der Waals surface area contributed by atoms with E-state index in [0.29, 0.717) is 12.5 Å². The van der Waals surface area contributed by atoms with E-state index < -0.39 is 0 Å². The van der Waals surface area contributed by atoms with Crippen LogP contribution < -0.4 is 10.5 Å². The molecule has 16 heavy (non-hydrogen) atoms. The highest BCUT2D eigenvalue weighted by Gasteiger charge is 2.13. The second-order valence-corrected chi connectivity index (χ2v) is 3.54. The molecule has 0 spiro atoms. The lowest BCUT2D eigenvalue weighted by Crippen LogP contribution is -2.10. The Labute approximate surface area is 91.7 Å². The molecule has 1 aliphatic heterocycles. The zero-order valence-corrected chi connectivity index (χ0v) is 8.47. The van der Waals surface area contributed by atoms with Gasteiger partial charge in [-0.05, 0) is 11.6 Å². The highest BCUT2D eigenvalue weighted by Crippen LogP contribution is 2.32. The molecule has 0 aliphatic carbocycles. The number of aromatic nitrogens is 1. The SMILES string of the molecule is Nc1oncc1-c1ccc2c(c1)OCOC2. The van der Waals surface area contributed by atoms with Gasteiger partial charge in [0.1, 0.15) is 5.75 Å². The molecule has 0 radical (unpaired) electrons. The first-order valence-electron chi connectivity index (χ1n) is 4.88. The standard InChI is InChI=1S/C11H10N2O3/c12-11-9(4-13-16-11)7-1-2-8-5-14-6-15-10(8)3-7/h1-4H,5-6,12H2. The van der Waals surface area contributed by atoms with Gasteiger partial charge >= 0.3 is 0 Å². The van der Waals surface area contributed by atoms with Gasteiger partial charge in [-0.3, -0.25) is 0 Å². The second-order valence-electron chi connectivity index (χ2n) is 3.54. The summed E-state index contributed by atoms with van der Waals surface area (Å²) in [5, 5.41) is 3.64. The number of nitrogens with zero attached hydrogens (tertiary/aromatic N) is 1. The van der Waals surface area contributed by atoms with Gasteiger partial charge < -0.3 is 19.7 Å². The Hall–Kier alpha value is -2.01. The van der Waals surface area contributed by atoms with E-state index in [-0.39, 0.29) is 6.79 Å². The van der Waals surface area contributed by atoms with Crippen molar-refractivity contribution in [3.63, 3.8) is 0 Å².